The third kappa shape index (κ3) is 3.44. The Balaban J connectivity index is 3.09. The molecule has 0 amide bonds. The number of benzene rings is 1. The van der Waals surface area contributed by atoms with Crippen LogP contribution in [0, 0.1) is 0 Å². The van der Waals surface area contributed by atoms with Crippen LogP contribution in [0.4, 0.5) is 0 Å². The van der Waals surface area contributed by atoms with Crippen LogP contribution in [-0.2, 0) is 14.8 Å². The highest BCUT2D eigenvalue weighted by Gasteiger charge is 2.23. The van der Waals surface area contributed by atoms with Gasteiger partial charge >= 0.3 is 5.97 Å². The van der Waals surface area contributed by atoms with Crippen LogP contribution >= 0.6 is 15.9 Å². The largest absolute Gasteiger partial charge is 0.497 e. The number of carbonyl (C=O) groups is 1. The molecule has 0 aliphatic carbocycles. The molecule has 0 heterocycles. The fraction of sp³-hybridized carbons (Fsp3) is 0.300. The van der Waals surface area contributed by atoms with Crippen LogP contribution in [0.2, 0.25) is 0 Å². The topological polar surface area (TPSA) is 92.7 Å². The van der Waals surface area contributed by atoms with Crippen LogP contribution < -0.4 is 9.46 Å². The Bertz CT molecular complexity index is 557. The molecule has 100 valence electrons. The van der Waals surface area contributed by atoms with E-state index < -0.39 is 22.0 Å². The molecule has 0 fully saturated rings. The van der Waals surface area contributed by atoms with E-state index in [0.717, 1.165) is 0 Å². The van der Waals surface area contributed by atoms with E-state index in [0.29, 0.717) is 10.2 Å². The minimum atomic E-state index is -3.89. The average molecular weight is 338 g/mol. The van der Waals surface area contributed by atoms with Crippen molar-refractivity contribution in [2.24, 2.45) is 0 Å². The molecule has 1 aromatic carbocycles. The summed E-state index contributed by atoms with van der Waals surface area (Å²) in [5, 5.41) is 8.69. The second-order valence-electron chi connectivity index (χ2n) is 3.48. The van der Waals surface area contributed by atoms with Crippen LogP contribution in [0.1, 0.15) is 6.92 Å². The third-order valence-corrected chi connectivity index (χ3v) is 4.65. The normalized spacial score (nSPS) is 13.1. The van der Waals surface area contributed by atoms with Gasteiger partial charge in [0, 0.05) is 4.47 Å². The summed E-state index contributed by atoms with van der Waals surface area (Å²) in [4.78, 5) is 10.6. The van der Waals surface area contributed by atoms with Crippen LogP contribution in [0.3, 0.4) is 0 Å². The van der Waals surface area contributed by atoms with Crippen molar-refractivity contribution >= 4 is 31.9 Å². The number of carboxylic acid groups (broad SMARTS) is 1. The Morgan fingerprint density at radius 3 is 2.56 bits per heavy atom. The fourth-order valence-electron chi connectivity index (χ4n) is 1.17. The van der Waals surface area contributed by atoms with Gasteiger partial charge in [-0.3, -0.25) is 4.79 Å². The van der Waals surface area contributed by atoms with Crippen molar-refractivity contribution in [3.8, 4) is 5.75 Å². The number of methoxy groups -OCH3 is 1. The summed E-state index contributed by atoms with van der Waals surface area (Å²) in [6.07, 6.45) is 0. The highest BCUT2D eigenvalue weighted by molar-refractivity contribution is 9.10. The summed E-state index contributed by atoms with van der Waals surface area (Å²) in [5.41, 5.74) is 0. The van der Waals surface area contributed by atoms with E-state index >= 15 is 0 Å². The van der Waals surface area contributed by atoms with Gasteiger partial charge in [0.05, 0.1) is 12.0 Å². The van der Waals surface area contributed by atoms with Crippen molar-refractivity contribution in [1.29, 1.82) is 0 Å². The maximum atomic E-state index is 11.9. The zero-order valence-corrected chi connectivity index (χ0v) is 12.1. The first kappa shape index (κ1) is 14.9. The van der Waals surface area contributed by atoms with E-state index in [1.165, 1.54) is 32.2 Å². The minimum Gasteiger partial charge on any atom is -0.497 e. The van der Waals surface area contributed by atoms with Crippen molar-refractivity contribution in [2.75, 3.05) is 7.11 Å². The lowest BCUT2D eigenvalue weighted by Crippen LogP contribution is -2.38. The number of ether oxygens (including phenoxy) is 1. The molecule has 1 aromatic rings. The Labute approximate surface area is 113 Å². The molecule has 8 heteroatoms. The van der Waals surface area contributed by atoms with Gasteiger partial charge in [-0.25, -0.2) is 8.42 Å². The summed E-state index contributed by atoms with van der Waals surface area (Å²) < 4.78 is 31.1. The first-order valence-corrected chi connectivity index (χ1v) is 7.14. The van der Waals surface area contributed by atoms with Gasteiger partial charge < -0.3 is 9.84 Å². The van der Waals surface area contributed by atoms with E-state index in [1.807, 2.05) is 0 Å². The molecule has 1 atom stereocenters. The summed E-state index contributed by atoms with van der Waals surface area (Å²) >= 11 is 3.10. The van der Waals surface area contributed by atoms with Crippen LogP contribution in [0.15, 0.2) is 27.6 Å². The quantitative estimate of drug-likeness (QED) is 0.842. The molecule has 0 aliphatic heterocycles. The Morgan fingerprint density at radius 1 is 1.50 bits per heavy atom. The van der Waals surface area contributed by atoms with E-state index in [9.17, 15) is 13.2 Å². The Morgan fingerprint density at radius 2 is 2.11 bits per heavy atom. The van der Waals surface area contributed by atoms with E-state index in [1.54, 1.807) is 0 Å². The number of nitrogens with one attached hydrogen (secondary N) is 1. The van der Waals surface area contributed by atoms with Gasteiger partial charge in [-0.1, -0.05) is 0 Å². The molecule has 0 saturated heterocycles. The van der Waals surface area contributed by atoms with Gasteiger partial charge in [0.2, 0.25) is 10.0 Å². The molecule has 0 bridgehead atoms. The molecule has 0 aliphatic rings. The van der Waals surface area contributed by atoms with Gasteiger partial charge in [-0.05, 0) is 41.1 Å². The van der Waals surface area contributed by atoms with E-state index in [4.69, 9.17) is 9.84 Å². The molecule has 0 aromatic heterocycles. The maximum Gasteiger partial charge on any atom is 0.321 e. The number of aliphatic carboxylic acids is 1. The molecule has 1 rings (SSSR count). The zero-order chi connectivity index (χ0) is 13.9. The van der Waals surface area contributed by atoms with Crippen molar-refractivity contribution < 1.29 is 23.1 Å². The smallest absolute Gasteiger partial charge is 0.321 e. The van der Waals surface area contributed by atoms with Crippen LogP contribution in [-0.4, -0.2) is 32.6 Å². The molecule has 0 radical (unpaired) electrons. The minimum absolute atomic E-state index is 0.0450. The lowest BCUT2D eigenvalue weighted by atomic mass is 10.3. The number of halogens is 1. The average Bonchev–Trinajstić information content (AvgIpc) is 2.27. The first-order valence-electron chi connectivity index (χ1n) is 4.86. The molecule has 18 heavy (non-hydrogen) atoms. The lowest BCUT2D eigenvalue weighted by Gasteiger charge is -2.12. The molecule has 6 nitrogen and oxygen atoms in total. The second kappa shape index (κ2) is 5.68. The summed E-state index contributed by atoms with van der Waals surface area (Å²) in [5.74, 6) is -0.754. The van der Waals surface area contributed by atoms with Gasteiger partial charge in [0.1, 0.15) is 11.8 Å². The summed E-state index contributed by atoms with van der Waals surface area (Å²) in [7, 11) is -2.43. The Hall–Kier alpha value is -1.12. The van der Waals surface area contributed by atoms with Gasteiger partial charge in [-0.2, -0.15) is 4.72 Å². The number of sulfonamides is 1. The van der Waals surface area contributed by atoms with Crippen molar-refractivity contribution in [3.05, 3.63) is 22.7 Å². The highest BCUT2D eigenvalue weighted by Crippen LogP contribution is 2.26. The Kier molecular flexibility index (Phi) is 4.71. The zero-order valence-electron chi connectivity index (χ0n) is 9.68. The second-order valence-corrected chi connectivity index (χ2v) is 6.01. The predicted molar refractivity (Wildman–Crippen MR) is 68.1 cm³/mol. The maximum absolute atomic E-state index is 11.9. The standard InChI is InChI=1S/C10H12BrNO5S/c1-6(10(13)14)12-18(15,16)9-4-3-7(17-2)5-8(9)11/h3-6,12H,1-2H3,(H,13,14). The van der Waals surface area contributed by atoms with Gasteiger partial charge in [0.25, 0.3) is 0 Å². The number of carboxylic acids is 1. The van der Waals surface area contributed by atoms with Crippen LogP contribution in [0.5, 0.6) is 5.75 Å². The molecular formula is C10H12BrNO5S. The molecule has 0 saturated carbocycles. The van der Waals surface area contributed by atoms with Crippen molar-refractivity contribution in [1.82, 2.24) is 4.72 Å². The van der Waals surface area contributed by atoms with Gasteiger partial charge in [0.15, 0.2) is 0 Å². The lowest BCUT2D eigenvalue weighted by molar-refractivity contribution is -0.138. The molecule has 2 N–H and O–H groups in total. The highest BCUT2D eigenvalue weighted by atomic mass is 79.9. The van der Waals surface area contributed by atoms with Crippen molar-refractivity contribution in [2.45, 2.75) is 17.9 Å². The molecule has 1 unspecified atom stereocenters. The van der Waals surface area contributed by atoms with Crippen LogP contribution in [0.25, 0.3) is 0 Å². The first-order chi connectivity index (χ1) is 8.27. The summed E-state index contributed by atoms with van der Waals surface area (Å²) in [6.45, 7) is 1.25. The fourth-order valence-corrected chi connectivity index (χ4v) is 3.43. The van der Waals surface area contributed by atoms with E-state index in [2.05, 4.69) is 20.7 Å². The third-order valence-electron chi connectivity index (χ3n) is 2.13. The SMILES string of the molecule is COc1ccc(S(=O)(=O)NC(C)C(=O)O)c(Br)c1. The predicted octanol–water partition coefficient (Wildman–Crippen LogP) is 1.21. The molecule has 0 spiro atoms. The van der Waals surface area contributed by atoms with E-state index in [-0.39, 0.29) is 4.90 Å². The van der Waals surface area contributed by atoms with Crippen molar-refractivity contribution in [3.63, 3.8) is 0 Å². The summed E-state index contributed by atoms with van der Waals surface area (Å²) in [6, 6.07) is 3.09. The number of hydrogen-bond acceptors (Lipinski definition) is 4. The monoisotopic (exact) mass is 337 g/mol. The number of rotatable bonds is 5. The molecular weight excluding hydrogens is 326 g/mol. The van der Waals surface area contributed by atoms with Gasteiger partial charge in [-0.15, -0.1) is 0 Å². The number of hydrogen-bond donors (Lipinski definition) is 2.